The van der Waals surface area contributed by atoms with E-state index < -0.39 is 0 Å². The van der Waals surface area contributed by atoms with Crippen molar-refractivity contribution < 1.29 is 9.53 Å². The molecule has 6 nitrogen and oxygen atoms in total. The van der Waals surface area contributed by atoms with Crippen LogP contribution >= 0.6 is 0 Å². The van der Waals surface area contributed by atoms with Gasteiger partial charge < -0.3 is 14.5 Å². The number of rotatable bonds is 6. The van der Waals surface area contributed by atoms with E-state index in [0.29, 0.717) is 19.5 Å². The molecule has 172 valence electrons. The van der Waals surface area contributed by atoms with Crippen molar-refractivity contribution in [3.63, 3.8) is 0 Å². The van der Waals surface area contributed by atoms with Gasteiger partial charge in [-0.05, 0) is 79.8 Å². The SMILES string of the molecule is COc1ccc(CCC(=O)N2CCN(c3ccc(-c4cc(C)c(C)cc4C)nn3)CC2)cc1. The Morgan fingerprint density at radius 1 is 0.879 bits per heavy atom. The zero-order valence-electron chi connectivity index (χ0n) is 20.0. The van der Waals surface area contributed by atoms with E-state index in [0.717, 1.165) is 47.9 Å². The minimum absolute atomic E-state index is 0.206. The molecule has 4 rings (SSSR count). The fourth-order valence-corrected chi connectivity index (χ4v) is 4.26. The van der Waals surface area contributed by atoms with Gasteiger partial charge in [0.2, 0.25) is 5.91 Å². The van der Waals surface area contributed by atoms with Gasteiger partial charge in [-0.15, -0.1) is 10.2 Å². The highest BCUT2D eigenvalue weighted by Crippen LogP contribution is 2.25. The van der Waals surface area contributed by atoms with Gasteiger partial charge in [-0.2, -0.15) is 0 Å². The van der Waals surface area contributed by atoms with E-state index in [-0.39, 0.29) is 5.91 Å². The molecule has 2 heterocycles. The molecule has 33 heavy (non-hydrogen) atoms. The smallest absolute Gasteiger partial charge is 0.223 e. The molecule has 0 atom stereocenters. The number of ether oxygens (including phenoxy) is 1. The zero-order valence-corrected chi connectivity index (χ0v) is 20.0. The van der Waals surface area contributed by atoms with Gasteiger partial charge in [0.1, 0.15) is 5.75 Å². The number of hydrogen-bond acceptors (Lipinski definition) is 5. The normalized spacial score (nSPS) is 13.8. The lowest BCUT2D eigenvalue weighted by molar-refractivity contribution is -0.131. The summed E-state index contributed by atoms with van der Waals surface area (Å²) in [5.74, 6) is 1.91. The molecule has 1 amide bonds. The van der Waals surface area contributed by atoms with E-state index in [1.54, 1.807) is 7.11 Å². The molecule has 1 fully saturated rings. The highest BCUT2D eigenvalue weighted by atomic mass is 16.5. The van der Waals surface area contributed by atoms with Gasteiger partial charge in [0.05, 0.1) is 12.8 Å². The standard InChI is InChI=1S/C27H32N4O2/c1-19-17-21(3)24(18-20(19)2)25-10-11-26(29-28-25)30-13-15-31(16-14-30)27(32)12-7-22-5-8-23(33-4)9-6-22/h5-6,8-11,17-18H,7,12-16H2,1-4H3. The van der Waals surface area contributed by atoms with E-state index in [1.807, 2.05) is 41.3 Å². The second-order valence-electron chi connectivity index (χ2n) is 8.74. The summed E-state index contributed by atoms with van der Waals surface area (Å²) < 4.78 is 5.19. The van der Waals surface area contributed by atoms with Gasteiger partial charge in [0.25, 0.3) is 0 Å². The van der Waals surface area contributed by atoms with E-state index in [1.165, 1.54) is 16.7 Å². The van der Waals surface area contributed by atoms with Crippen LogP contribution in [0.25, 0.3) is 11.3 Å². The molecule has 0 unspecified atom stereocenters. The zero-order chi connectivity index (χ0) is 23.4. The number of hydrogen-bond donors (Lipinski definition) is 0. The third-order valence-electron chi connectivity index (χ3n) is 6.51. The lowest BCUT2D eigenvalue weighted by Crippen LogP contribution is -2.49. The van der Waals surface area contributed by atoms with Crippen molar-refractivity contribution in [1.29, 1.82) is 0 Å². The monoisotopic (exact) mass is 444 g/mol. The third kappa shape index (κ3) is 5.33. The Bertz CT molecular complexity index is 1100. The van der Waals surface area contributed by atoms with Crippen LogP contribution < -0.4 is 9.64 Å². The van der Waals surface area contributed by atoms with Gasteiger partial charge in [-0.25, -0.2) is 0 Å². The molecule has 0 spiro atoms. The van der Waals surface area contributed by atoms with Crippen molar-refractivity contribution in [2.24, 2.45) is 0 Å². The number of anilines is 1. The number of carbonyl (C=O) groups is 1. The van der Waals surface area contributed by atoms with Gasteiger partial charge in [0.15, 0.2) is 5.82 Å². The summed E-state index contributed by atoms with van der Waals surface area (Å²) in [6, 6.07) is 16.4. The summed E-state index contributed by atoms with van der Waals surface area (Å²) >= 11 is 0. The van der Waals surface area contributed by atoms with Gasteiger partial charge in [-0.3, -0.25) is 4.79 Å². The molecule has 3 aromatic rings. The first-order valence-corrected chi connectivity index (χ1v) is 11.5. The molecular formula is C27H32N4O2. The predicted molar refractivity (Wildman–Crippen MR) is 132 cm³/mol. The van der Waals surface area contributed by atoms with Crippen molar-refractivity contribution in [3.8, 4) is 17.0 Å². The van der Waals surface area contributed by atoms with Crippen LogP contribution in [0.3, 0.4) is 0 Å². The molecule has 1 saturated heterocycles. The van der Waals surface area contributed by atoms with Crippen molar-refractivity contribution in [2.45, 2.75) is 33.6 Å². The molecule has 0 saturated carbocycles. The molecule has 0 radical (unpaired) electrons. The molecule has 0 N–H and O–H groups in total. The Hall–Kier alpha value is -3.41. The van der Waals surface area contributed by atoms with E-state index >= 15 is 0 Å². The molecular weight excluding hydrogens is 412 g/mol. The van der Waals surface area contributed by atoms with Crippen LogP contribution in [0.2, 0.25) is 0 Å². The van der Waals surface area contributed by atoms with Crippen molar-refractivity contribution in [1.82, 2.24) is 15.1 Å². The summed E-state index contributed by atoms with van der Waals surface area (Å²) in [6.07, 6.45) is 1.27. The molecule has 1 aliphatic heterocycles. The van der Waals surface area contributed by atoms with Gasteiger partial charge in [0, 0.05) is 38.2 Å². The average molecular weight is 445 g/mol. The Morgan fingerprint density at radius 2 is 1.58 bits per heavy atom. The molecule has 0 bridgehead atoms. The van der Waals surface area contributed by atoms with Gasteiger partial charge >= 0.3 is 0 Å². The maximum Gasteiger partial charge on any atom is 0.223 e. The van der Waals surface area contributed by atoms with E-state index in [2.05, 4.69) is 48.0 Å². The van der Waals surface area contributed by atoms with Crippen LogP contribution in [-0.4, -0.2) is 54.3 Å². The predicted octanol–water partition coefficient (Wildman–Crippen LogP) is 4.36. The maximum atomic E-state index is 12.7. The number of piperazine rings is 1. The average Bonchev–Trinajstić information content (AvgIpc) is 2.85. The highest BCUT2D eigenvalue weighted by Gasteiger charge is 2.22. The van der Waals surface area contributed by atoms with Crippen molar-refractivity contribution >= 4 is 11.7 Å². The number of benzene rings is 2. The Morgan fingerprint density at radius 3 is 2.21 bits per heavy atom. The number of methoxy groups -OCH3 is 1. The first-order chi connectivity index (χ1) is 15.9. The van der Waals surface area contributed by atoms with E-state index in [9.17, 15) is 4.79 Å². The summed E-state index contributed by atoms with van der Waals surface area (Å²) in [7, 11) is 1.66. The minimum Gasteiger partial charge on any atom is -0.497 e. The topological polar surface area (TPSA) is 58.6 Å². The summed E-state index contributed by atoms with van der Waals surface area (Å²) in [6.45, 7) is 9.32. The van der Waals surface area contributed by atoms with Crippen LogP contribution in [0.4, 0.5) is 5.82 Å². The fourth-order valence-electron chi connectivity index (χ4n) is 4.26. The van der Waals surface area contributed by atoms with E-state index in [4.69, 9.17) is 4.74 Å². The van der Waals surface area contributed by atoms with Crippen molar-refractivity contribution in [2.75, 3.05) is 38.2 Å². The molecule has 2 aromatic carbocycles. The number of carbonyl (C=O) groups excluding carboxylic acids is 1. The Kier molecular flexibility index (Phi) is 6.92. The lowest BCUT2D eigenvalue weighted by atomic mass is 9.99. The van der Waals surface area contributed by atoms with Gasteiger partial charge in [-0.1, -0.05) is 18.2 Å². The quantitative estimate of drug-likeness (QED) is 0.565. The highest BCUT2D eigenvalue weighted by molar-refractivity contribution is 5.76. The Balaban J connectivity index is 1.31. The lowest BCUT2D eigenvalue weighted by Gasteiger charge is -2.35. The van der Waals surface area contributed by atoms with Crippen LogP contribution in [0.1, 0.15) is 28.7 Å². The first kappa shape index (κ1) is 22.8. The van der Waals surface area contributed by atoms with Crippen LogP contribution in [-0.2, 0) is 11.2 Å². The third-order valence-corrected chi connectivity index (χ3v) is 6.51. The second-order valence-corrected chi connectivity index (χ2v) is 8.74. The first-order valence-electron chi connectivity index (χ1n) is 11.5. The molecule has 1 aromatic heterocycles. The maximum absolute atomic E-state index is 12.7. The minimum atomic E-state index is 0.206. The number of nitrogens with zero attached hydrogens (tertiary/aromatic N) is 4. The summed E-state index contributed by atoms with van der Waals surface area (Å²) in [5.41, 5.74) is 6.93. The number of amides is 1. The largest absolute Gasteiger partial charge is 0.497 e. The fraction of sp³-hybridized carbons (Fsp3) is 0.370. The molecule has 1 aliphatic rings. The summed E-state index contributed by atoms with van der Waals surface area (Å²) in [4.78, 5) is 16.8. The second kappa shape index (κ2) is 10.0. The van der Waals surface area contributed by atoms with Crippen LogP contribution in [0.15, 0.2) is 48.5 Å². The number of aromatic nitrogens is 2. The van der Waals surface area contributed by atoms with Crippen LogP contribution in [0.5, 0.6) is 5.75 Å². The van der Waals surface area contributed by atoms with Crippen molar-refractivity contribution in [3.05, 3.63) is 70.8 Å². The summed E-state index contributed by atoms with van der Waals surface area (Å²) in [5, 5.41) is 9.00. The Labute approximate surface area is 196 Å². The molecule has 0 aliphatic carbocycles. The number of aryl methyl sites for hydroxylation is 4. The van der Waals surface area contributed by atoms with Crippen LogP contribution in [0, 0.1) is 20.8 Å². The molecule has 6 heteroatoms.